The molecule has 0 atom stereocenters. The van der Waals surface area contributed by atoms with Crippen molar-refractivity contribution in [3.8, 4) is 17.5 Å². The zero-order valence-electron chi connectivity index (χ0n) is 14.2. The van der Waals surface area contributed by atoms with E-state index < -0.39 is 0 Å². The summed E-state index contributed by atoms with van der Waals surface area (Å²) in [6.07, 6.45) is 1.59. The number of aromatic nitrogens is 3. The summed E-state index contributed by atoms with van der Waals surface area (Å²) >= 11 is 7.23. The molecule has 0 radical (unpaired) electrons. The smallest absolute Gasteiger partial charge is 0.234 e. The SMILES string of the molecule is COc1ccc(-n2cnnc2SCC(=O)Nc2ccc(C#N)c(Cl)c2)cc1. The van der Waals surface area contributed by atoms with E-state index in [0.717, 1.165) is 11.4 Å². The molecule has 0 aliphatic rings. The van der Waals surface area contributed by atoms with Crippen molar-refractivity contribution < 1.29 is 9.53 Å². The predicted molar refractivity (Wildman–Crippen MR) is 103 cm³/mol. The fourth-order valence-corrected chi connectivity index (χ4v) is 3.21. The summed E-state index contributed by atoms with van der Waals surface area (Å²) in [4.78, 5) is 12.2. The van der Waals surface area contributed by atoms with Gasteiger partial charge >= 0.3 is 0 Å². The van der Waals surface area contributed by atoms with E-state index in [1.165, 1.54) is 11.8 Å². The molecule has 27 heavy (non-hydrogen) atoms. The first-order chi connectivity index (χ1) is 13.1. The molecule has 0 bridgehead atoms. The Balaban J connectivity index is 1.63. The van der Waals surface area contributed by atoms with Gasteiger partial charge in [0.15, 0.2) is 5.16 Å². The maximum Gasteiger partial charge on any atom is 0.234 e. The Morgan fingerprint density at radius 3 is 2.78 bits per heavy atom. The number of thioether (sulfide) groups is 1. The van der Waals surface area contributed by atoms with Gasteiger partial charge in [0.05, 0.1) is 23.4 Å². The van der Waals surface area contributed by atoms with Gasteiger partial charge in [0.25, 0.3) is 0 Å². The van der Waals surface area contributed by atoms with E-state index in [4.69, 9.17) is 21.6 Å². The molecular weight excluding hydrogens is 386 g/mol. The quantitative estimate of drug-likeness (QED) is 0.637. The van der Waals surface area contributed by atoms with Gasteiger partial charge in [-0.25, -0.2) is 0 Å². The number of halogens is 1. The number of hydrogen-bond acceptors (Lipinski definition) is 6. The Hall–Kier alpha value is -3.02. The molecule has 3 rings (SSSR count). The molecule has 1 N–H and O–H groups in total. The Morgan fingerprint density at radius 2 is 2.11 bits per heavy atom. The van der Waals surface area contributed by atoms with Gasteiger partial charge in [-0.2, -0.15) is 5.26 Å². The van der Waals surface area contributed by atoms with E-state index in [0.29, 0.717) is 21.4 Å². The first kappa shape index (κ1) is 18.8. The summed E-state index contributed by atoms with van der Waals surface area (Å²) in [5.41, 5.74) is 1.75. The number of ether oxygens (including phenoxy) is 1. The number of carbonyl (C=O) groups excluding carboxylic acids is 1. The average molecular weight is 400 g/mol. The van der Waals surface area contributed by atoms with E-state index in [9.17, 15) is 4.79 Å². The number of hydrogen-bond donors (Lipinski definition) is 1. The lowest BCUT2D eigenvalue weighted by atomic mass is 10.2. The number of carbonyl (C=O) groups is 1. The molecular formula is C18H14ClN5O2S. The highest BCUT2D eigenvalue weighted by Crippen LogP contribution is 2.23. The highest BCUT2D eigenvalue weighted by Gasteiger charge is 2.11. The van der Waals surface area contributed by atoms with Crippen LogP contribution in [0.3, 0.4) is 0 Å². The number of amides is 1. The lowest BCUT2D eigenvalue weighted by Crippen LogP contribution is -2.14. The minimum atomic E-state index is -0.218. The molecule has 7 nitrogen and oxygen atoms in total. The van der Waals surface area contributed by atoms with E-state index >= 15 is 0 Å². The predicted octanol–water partition coefficient (Wildman–Crippen LogP) is 3.53. The molecule has 0 unspecified atom stereocenters. The number of nitrogens with one attached hydrogen (secondary N) is 1. The van der Waals surface area contributed by atoms with Gasteiger partial charge in [-0.3, -0.25) is 9.36 Å². The summed E-state index contributed by atoms with van der Waals surface area (Å²) in [5, 5.41) is 20.5. The fraction of sp³-hybridized carbons (Fsp3) is 0.111. The number of nitrogens with zero attached hydrogens (tertiary/aromatic N) is 4. The van der Waals surface area contributed by atoms with Crippen molar-refractivity contribution in [2.45, 2.75) is 5.16 Å². The van der Waals surface area contributed by atoms with Gasteiger partial charge in [-0.05, 0) is 42.5 Å². The van der Waals surface area contributed by atoms with Crippen LogP contribution in [0.1, 0.15) is 5.56 Å². The van der Waals surface area contributed by atoms with E-state index in [2.05, 4.69) is 15.5 Å². The van der Waals surface area contributed by atoms with Crippen molar-refractivity contribution in [3.63, 3.8) is 0 Å². The molecule has 0 fully saturated rings. The minimum Gasteiger partial charge on any atom is -0.497 e. The molecule has 0 saturated heterocycles. The number of rotatable bonds is 6. The maximum absolute atomic E-state index is 12.2. The van der Waals surface area contributed by atoms with E-state index in [-0.39, 0.29) is 11.7 Å². The minimum absolute atomic E-state index is 0.145. The number of nitriles is 1. The van der Waals surface area contributed by atoms with E-state index in [1.807, 2.05) is 30.3 Å². The van der Waals surface area contributed by atoms with Crippen LogP contribution in [0.15, 0.2) is 53.9 Å². The second-order valence-electron chi connectivity index (χ2n) is 5.32. The zero-order valence-corrected chi connectivity index (χ0v) is 15.8. The highest BCUT2D eigenvalue weighted by atomic mass is 35.5. The molecule has 1 aromatic heterocycles. The summed E-state index contributed by atoms with van der Waals surface area (Å²) in [7, 11) is 1.61. The van der Waals surface area contributed by atoms with Gasteiger partial charge in [0, 0.05) is 11.4 Å². The highest BCUT2D eigenvalue weighted by molar-refractivity contribution is 7.99. The van der Waals surface area contributed by atoms with Crippen molar-refractivity contribution in [3.05, 3.63) is 59.4 Å². The van der Waals surface area contributed by atoms with Gasteiger partial charge in [-0.15, -0.1) is 10.2 Å². The molecule has 136 valence electrons. The molecule has 1 amide bonds. The van der Waals surface area contributed by atoms with Gasteiger partial charge in [0.1, 0.15) is 18.1 Å². The Bertz CT molecular complexity index is 998. The zero-order chi connectivity index (χ0) is 19.2. The van der Waals surface area contributed by atoms with Crippen molar-refractivity contribution in [2.24, 2.45) is 0 Å². The standard InChI is InChI=1S/C18H14ClN5O2S/c1-26-15-6-4-14(5-7-15)24-11-21-23-18(24)27-10-17(25)22-13-3-2-12(9-20)16(19)8-13/h2-8,11H,10H2,1H3,(H,22,25). The first-order valence-corrected chi connectivity index (χ1v) is 9.14. The monoisotopic (exact) mass is 399 g/mol. The Kier molecular flexibility index (Phi) is 5.96. The Morgan fingerprint density at radius 1 is 1.33 bits per heavy atom. The van der Waals surface area contributed by atoms with Crippen LogP contribution in [0.25, 0.3) is 5.69 Å². The molecule has 2 aromatic carbocycles. The summed E-state index contributed by atoms with van der Waals surface area (Å²) in [6, 6.07) is 14.1. The second-order valence-corrected chi connectivity index (χ2v) is 6.67. The topological polar surface area (TPSA) is 92.8 Å². The lowest BCUT2D eigenvalue weighted by molar-refractivity contribution is -0.113. The average Bonchev–Trinajstić information content (AvgIpc) is 3.15. The van der Waals surface area contributed by atoms with Crippen LogP contribution < -0.4 is 10.1 Å². The molecule has 9 heteroatoms. The van der Waals surface area contributed by atoms with Gasteiger partial charge in [-0.1, -0.05) is 23.4 Å². The fourth-order valence-electron chi connectivity index (χ4n) is 2.25. The second kappa shape index (κ2) is 8.58. The van der Waals surface area contributed by atoms with Crippen LogP contribution in [0.2, 0.25) is 5.02 Å². The third-order valence-corrected chi connectivity index (χ3v) is 4.83. The molecule has 0 aliphatic heterocycles. The van der Waals surface area contributed by atoms with Crippen LogP contribution in [0, 0.1) is 11.3 Å². The van der Waals surface area contributed by atoms with Crippen LogP contribution in [0.4, 0.5) is 5.69 Å². The molecule has 0 aliphatic carbocycles. The van der Waals surface area contributed by atoms with Gasteiger partial charge in [0.2, 0.25) is 5.91 Å². The van der Waals surface area contributed by atoms with Crippen molar-refractivity contribution in [1.29, 1.82) is 5.26 Å². The van der Waals surface area contributed by atoms with Crippen molar-refractivity contribution >= 4 is 35.0 Å². The van der Waals surface area contributed by atoms with Crippen LogP contribution >= 0.6 is 23.4 Å². The van der Waals surface area contributed by atoms with Crippen LogP contribution in [-0.4, -0.2) is 33.5 Å². The molecule has 3 aromatic rings. The molecule has 0 spiro atoms. The first-order valence-electron chi connectivity index (χ1n) is 7.77. The van der Waals surface area contributed by atoms with Crippen LogP contribution in [-0.2, 0) is 4.79 Å². The van der Waals surface area contributed by atoms with Gasteiger partial charge < -0.3 is 10.1 Å². The van der Waals surface area contributed by atoms with E-state index in [1.54, 1.807) is 36.2 Å². The molecule has 0 saturated carbocycles. The summed E-state index contributed by atoms with van der Waals surface area (Å²) in [6.45, 7) is 0. The number of anilines is 1. The van der Waals surface area contributed by atoms with Crippen LogP contribution in [0.5, 0.6) is 5.75 Å². The third-order valence-electron chi connectivity index (χ3n) is 3.57. The lowest BCUT2D eigenvalue weighted by Gasteiger charge is -2.08. The Labute approximate surface area is 164 Å². The van der Waals surface area contributed by atoms with Crippen molar-refractivity contribution in [2.75, 3.05) is 18.2 Å². The normalized spacial score (nSPS) is 10.3. The van der Waals surface area contributed by atoms with Crippen molar-refractivity contribution in [1.82, 2.24) is 14.8 Å². The third kappa shape index (κ3) is 4.58. The number of benzene rings is 2. The molecule has 1 heterocycles. The summed E-state index contributed by atoms with van der Waals surface area (Å²) < 4.78 is 6.94. The maximum atomic E-state index is 12.2. The number of methoxy groups -OCH3 is 1. The summed E-state index contributed by atoms with van der Waals surface area (Å²) in [5.74, 6) is 0.679. The largest absolute Gasteiger partial charge is 0.497 e.